The molecular formula is C12H11ClF2N2O. The first-order valence-corrected chi connectivity index (χ1v) is 6.03. The summed E-state index contributed by atoms with van der Waals surface area (Å²) in [6.07, 6.45) is 1.50. The first-order chi connectivity index (χ1) is 8.69. The quantitative estimate of drug-likeness (QED) is 0.785. The lowest BCUT2D eigenvalue weighted by molar-refractivity contribution is 0.452. The van der Waals surface area contributed by atoms with Crippen LogP contribution in [0.3, 0.4) is 0 Å². The van der Waals surface area contributed by atoms with Crippen LogP contribution in [0.15, 0.2) is 22.6 Å². The third-order valence-electron chi connectivity index (χ3n) is 2.39. The Kier molecular flexibility index (Phi) is 4.25. The fourth-order valence-electron chi connectivity index (χ4n) is 1.51. The van der Waals surface area contributed by atoms with Crippen molar-refractivity contribution in [2.75, 3.05) is 5.88 Å². The maximum absolute atomic E-state index is 13.4. The van der Waals surface area contributed by atoms with Crippen LogP contribution in [0.2, 0.25) is 0 Å². The van der Waals surface area contributed by atoms with Gasteiger partial charge in [0.05, 0.1) is 6.42 Å². The summed E-state index contributed by atoms with van der Waals surface area (Å²) in [5.74, 6) is 0.0861. The average molecular weight is 273 g/mol. The predicted molar refractivity (Wildman–Crippen MR) is 62.5 cm³/mol. The third kappa shape index (κ3) is 3.26. The molecule has 0 radical (unpaired) electrons. The van der Waals surface area contributed by atoms with E-state index in [0.717, 1.165) is 12.5 Å². The van der Waals surface area contributed by atoms with E-state index >= 15 is 0 Å². The van der Waals surface area contributed by atoms with Gasteiger partial charge in [-0.2, -0.15) is 0 Å². The van der Waals surface area contributed by atoms with Crippen LogP contribution in [0.25, 0.3) is 0 Å². The highest BCUT2D eigenvalue weighted by molar-refractivity contribution is 6.17. The van der Waals surface area contributed by atoms with Gasteiger partial charge in [0.15, 0.2) is 0 Å². The van der Waals surface area contributed by atoms with E-state index in [4.69, 9.17) is 16.0 Å². The van der Waals surface area contributed by atoms with E-state index in [1.807, 2.05) is 0 Å². The van der Waals surface area contributed by atoms with Crippen LogP contribution >= 0.6 is 11.6 Å². The van der Waals surface area contributed by atoms with Gasteiger partial charge in [0.2, 0.25) is 11.8 Å². The second-order valence-corrected chi connectivity index (χ2v) is 4.17. The molecule has 0 saturated heterocycles. The minimum absolute atomic E-state index is 0.153. The van der Waals surface area contributed by atoms with Gasteiger partial charge in [-0.1, -0.05) is 6.07 Å². The van der Waals surface area contributed by atoms with Gasteiger partial charge in [-0.3, -0.25) is 0 Å². The third-order valence-corrected chi connectivity index (χ3v) is 2.66. The molecule has 1 aromatic carbocycles. The van der Waals surface area contributed by atoms with Crippen LogP contribution in [-0.4, -0.2) is 16.1 Å². The minimum Gasteiger partial charge on any atom is -0.425 e. The van der Waals surface area contributed by atoms with E-state index in [9.17, 15) is 8.78 Å². The Hall–Kier alpha value is -1.49. The van der Waals surface area contributed by atoms with Crippen molar-refractivity contribution in [3.05, 3.63) is 47.2 Å². The van der Waals surface area contributed by atoms with Crippen LogP contribution in [-0.2, 0) is 12.8 Å². The Bertz CT molecular complexity index is 531. The maximum atomic E-state index is 13.4. The highest BCUT2D eigenvalue weighted by Crippen LogP contribution is 2.14. The largest absolute Gasteiger partial charge is 0.425 e. The van der Waals surface area contributed by atoms with Gasteiger partial charge in [-0.25, -0.2) is 8.78 Å². The first-order valence-electron chi connectivity index (χ1n) is 5.50. The molecule has 0 aliphatic rings. The lowest BCUT2D eigenvalue weighted by Gasteiger charge is -1.99. The summed E-state index contributed by atoms with van der Waals surface area (Å²) in [6.45, 7) is 0. The summed E-state index contributed by atoms with van der Waals surface area (Å²) in [6, 6.07) is 3.40. The Morgan fingerprint density at radius 3 is 2.67 bits per heavy atom. The topological polar surface area (TPSA) is 38.9 Å². The molecule has 0 N–H and O–H groups in total. The molecule has 0 amide bonds. The molecule has 0 saturated carbocycles. The van der Waals surface area contributed by atoms with E-state index in [1.165, 1.54) is 12.1 Å². The van der Waals surface area contributed by atoms with Crippen LogP contribution in [0.4, 0.5) is 8.78 Å². The highest BCUT2D eigenvalue weighted by Gasteiger charge is 2.10. The standard InChI is InChI=1S/C12H11ClF2N2O/c13-5-1-2-11-16-17-12(18-11)6-8-3-4-9(14)7-10(8)15/h3-4,7H,1-2,5-6H2. The Balaban J connectivity index is 2.06. The summed E-state index contributed by atoms with van der Waals surface area (Å²) in [5, 5.41) is 7.63. The molecular weight excluding hydrogens is 262 g/mol. The van der Waals surface area contributed by atoms with Crippen molar-refractivity contribution in [2.24, 2.45) is 0 Å². The number of aryl methyl sites for hydroxylation is 1. The summed E-state index contributed by atoms with van der Waals surface area (Å²) < 4.78 is 31.5. The van der Waals surface area contributed by atoms with E-state index < -0.39 is 11.6 Å². The van der Waals surface area contributed by atoms with Gasteiger partial charge in [-0.05, 0) is 18.1 Å². The molecule has 1 aromatic heterocycles. The number of rotatable bonds is 5. The molecule has 0 bridgehead atoms. The van der Waals surface area contributed by atoms with Crippen LogP contribution in [0.5, 0.6) is 0 Å². The van der Waals surface area contributed by atoms with Gasteiger partial charge in [0.25, 0.3) is 0 Å². The number of alkyl halides is 1. The fourth-order valence-corrected chi connectivity index (χ4v) is 1.64. The second-order valence-electron chi connectivity index (χ2n) is 3.79. The molecule has 1 heterocycles. The molecule has 0 unspecified atom stereocenters. The number of hydrogen-bond acceptors (Lipinski definition) is 3. The number of aromatic nitrogens is 2. The van der Waals surface area contributed by atoms with Crippen molar-refractivity contribution in [1.29, 1.82) is 0 Å². The molecule has 0 aliphatic carbocycles. The Morgan fingerprint density at radius 1 is 1.17 bits per heavy atom. The number of benzene rings is 1. The van der Waals surface area contributed by atoms with Gasteiger partial charge >= 0.3 is 0 Å². The molecule has 0 spiro atoms. The first kappa shape index (κ1) is 13.0. The van der Waals surface area contributed by atoms with Gasteiger partial charge in [-0.15, -0.1) is 21.8 Å². The Morgan fingerprint density at radius 2 is 1.94 bits per heavy atom. The molecule has 0 atom stereocenters. The zero-order valence-corrected chi connectivity index (χ0v) is 10.3. The van der Waals surface area contributed by atoms with Crippen molar-refractivity contribution < 1.29 is 13.2 Å². The van der Waals surface area contributed by atoms with E-state index in [0.29, 0.717) is 29.6 Å². The van der Waals surface area contributed by atoms with Crippen LogP contribution in [0.1, 0.15) is 23.8 Å². The predicted octanol–water partition coefficient (Wildman–Crippen LogP) is 3.11. The number of nitrogens with zero attached hydrogens (tertiary/aromatic N) is 2. The summed E-state index contributed by atoms with van der Waals surface area (Å²) in [4.78, 5) is 0. The zero-order valence-electron chi connectivity index (χ0n) is 9.50. The molecule has 6 heteroatoms. The van der Waals surface area contributed by atoms with E-state index in [1.54, 1.807) is 0 Å². The Labute approximate surface area is 108 Å². The normalized spacial score (nSPS) is 10.8. The molecule has 3 nitrogen and oxygen atoms in total. The maximum Gasteiger partial charge on any atom is 0.221 e. The van der Waals surface area contributed by atoms with Gasteiger partial charge in [0.1, 0.15) is 11.6 Å². The SMILES string of the molecule is Fc1ccc(Cc2nnc(CCCCl)o2)c(F)c1. The smallest absolute Gasteiger partial charge is 0.221 e. The zero-order chi connectivity index (χ0) is 13.0. The number of halogens is 3. The summed E-state index contributed by atoms with van der Waals surface area (Å²) >= 11 is 5.55. The summed E-state index contributed by atoms with van der Waals surface area (Å²) in [5.41, 5.74) is 0.323. The van der Waals surface area contributed by atoms with Crippen molar-refractivity contribution in [2.45, 2.75) is 19.3 Å². The molecule has 96 valence electrons. The van der Waals surface area contributed by atoms with Crippen LogP contribution < -0.4 is 0 Å². The van der Waals surface area contributed by atoms with Crippen LogP contribution in [0, 0.1) is 11.6 Å². The molecule has 0 aliphatic heterocycles. The monoisotopic (exact) mass is 272 g/mol. The van der Waals surface area contributed by atoms with Crippen molar-refractivity contribution >= 4 is 11.6 Å². The number of hydrogen-bond donors (Lipinski definition) is 0. The lowest BCUT2D eigenvalue weighted by atomic mass is 10.1. The fraction of sp³-hybridized carbons (Fsp3) is 0.333. The van der Waals surface area contributed by atoms with Gasteiger partial charge in [0, 0.05) is 18.4 Å². The minimum atomic E-state index is -0.615. The van der Waals surface area contributed by atoms with Crippen molar-refractivity contribution in [3.8, 4) is 0 Å². The van der Waals surface area contributed by atoms with Gasteiger partial charge < -0.3 is 4.42 Å². The molecule has 2 rings (SSSR count). The van der Waals surface area contributed by atoms with Crippen molar-refractivity contribution in [3.63, 3.8) is 0 Å². The summed E-state index contributed by atoms with van der Waals surface area (Å²) in [7, 11) is 0. The van der Waals surface area contributed by atoms with E-state index in [-0.39, 0.29) is 6.42 Å². The van der Waals surface area contributed by atoms with Crippen molar-refractivity contribution in [1.82, 2.24) is 10.2 Å². The molecule has 18 heavy (non-hydrogen) atoms. The lowest BCUT2D eigenvalue weighted by Crippen LogP contribution is -1.93. The molecule has 2 aromatic rings. The van der Waals surface area contributed by atoms with E-state index in [2.05, 4.69) is 10.2 Å². The highest BCUT2D eigenvalue weighted by atomic mass is 35.5. The second kappa shape index (κ2) is 5.91. The molecule has 0 fully saturated rings. The average Bonchev–Trinajstić information content (AvgIpc) is 2.78.